The lowest BCUT2D eigenvalue weighted by Gasteiger charge is -2.11. The van der Waals surface area contributed by atoms with Crippen LogP contribution in [0.15, 0.2) is 18.7 Å². The van der Waals surface area contributed by atoms with Gasteiger partial charge in [0, 0.05) is 45.6 Å². The molecule has 0 aliphatic carbocycles. The van der Waals surface area contributed by atoms with E-state index in [1.54, 1.807) is 12.5 Å². The fraction of sp³-hybridized carbons (Fsp3) is 0.625. The second kappa shape index (κ2) is 9.87. The van der Waals surface area contributed by atoms with Gasteiger partial charge in [-0.15, -0.1) is 10.1 Å². The van der Waals surface area contributed by atoms with Crippen LogP contribution in [0.2, 0.25) is 0 Å². The lowest BCUT2D eigenvalue weighted by molar-refractivity contribution is -0.742. The van der Waals surface area contributed by atoms with Crippen LogP contribution in [0.4, 0.5) is 0 Å². The summed E-state index contributed by atoms with van der Waals surface area (Å²) < 4.78 is 1.89. The van der Waals surface area contributed by atoms with Gasteiger partial charge in [-0.3, -0.25) is 0 Å². The maximum Gasteiger partial charge on any atom is 0.291 e. The maximum absolute atomic E-state index is 8.36. The fourth-order valence-electron chi connectivity index (χ4n) is 0.929. The van der Waals surface area contributed by atoms with Crippen LogP contribution in [0.1, 0.15) is 0 Å². The maximum atomic E-state index is 8.36. The van der Waals surface area contributed by atoms with Crippen molar-refractivity contribution < 1.29 is 10.3 Å². The highest BCUT2D eigenvalue weighted by Crippen LogP contribution is 1.73. The Morgan fingerprint density at radius 1 is 1.38 bits per heavy atom. The van der Waals surface area contributed by atoms with E-state index < -0.39 is 5.09 Å². The lowest BCUT2D eigenvalue weighted by atomic mass is 10.4. The molecular formula is C8H17N5O3. The molecule has 0 spiro atoms. The number of imidazole rings is 1. The zero-order valence-corrected chi connectivity index (χ0v) is 9.17. The van der Waals surface area contributed by atoms with Gasteiger partial charge in [-0.2, -0.15) is 0 Å². The zero-order valence-electron chi connectivity index (χ0n) is 9.17. The number of nitrogens with one attached hydrogen (secondary N) is 2. The molecule has 1 aliphatic rings. The molecule has 0 unspecified atom stereocenters. The van der Waals surface area contributed by atoms with E-state index in [4.69, 9.17) is 15.3 Å². The third kappa shape index (κ3) is 12.3. The van der Waals surface area contributed by atoms with Crippen LogP contribution in [0.5, 0.6) is 0 Å². The number of hydrogen-bond acceptors (Lipinski definition) is 5. The molecule has 0 radical (unpaired) electrons. The topological polar surface area (TPSA) is 105 Å². The van der Waals surface area contributed by atoms with Crippen molar-refractivity contribution in [3.63, 3.8) is 0 Å². The van der Waals surface area contributed by atoms with Gasteiger partial charge < -0.3 is 20.4 Å². The summed E-state index contributed by atoms with van der Waals surface area (Å²) >= 11 is 0. The Balaban J connectivity index is 0.000000217. The van der Waals surface area contributed by atoms with Crippen molar-refractivity contribution in [2.45, 2.75) is 0 Å². The molecule has 3 N–H and O–H groups in total. The van der Waals surface area contributed by atoms with E-state index >= 15 is 0 Å². The van der Waals surface area contributed by atoms with Gasteiger partial charge in [0.2, 0.25) is 0 Å². The molecule has 1 saturated heterocycles. The molecule has 8 nitrogen and oxygen atoms in total. The summed E-state index contributed by atoms with van der Waals surface area (Å²) in [7, 11) is 1.94. The second-order valence-electron chi connectivity index (χ2n) is 2.97. The minimum Gasteiger partial charge on any atom is -0.341 e. The van der Waals surface area contributed by atoms with Gasteiger partial charge in [-0.25, -0.2) is 4.98 Å². The smallest absolute Gasteiger partial charge is 0.291 e. The van der Waals surface area contributed by atoms with E-state index in [0.717, 1.165) is 26.2 Å². The molecule has 0 atom stereocenters. The van der Waals surface area contributed by atoms with Crippen LogP contribution < -0.4 is 10.6 Å². The van der Waals surface area contributed by atoms with Gasteiger partial charge in [0.1, 0.15) is 0 Å². The quantitative estimate of drug-likeness (QED) is 0.401. The van der Waals surface area contributed by atoms with E-state index in [9.17, 15) is 0 Å². The van der Waals surface area contributed by atoms with Gasteiger partial charge in [0.15, 0.2) is 0 Å². The minimum atomic E-state index is -1.50. The average molecular weight is 231 g/mol. The number of aryl methyl sites for hydroxylation is 1. The summed E-state index contributed by atoms with van der Waals surface area (Å²) in [6.45, 7) is 4.56. The average Bonchev–Trinajstić information content (AvgIpc) is 2.72. The Bertz CT molecular complexity index is 245. The van der Waals surface area contributed by atoms with Crippen LogP contribution >= 0.6 is 0 Å². The Morgan fingerprint density at radius 3 is 1.94 bits per heavy atom. The van der Waals surface area contributed by atoms with Crippen molar-refractivity contribution >= 4 is 0 Å². The van der Waals surface area contributed by atoms with Crippen molar-refractivity contribution in [3.8, 4) is 0 Å². The summed E-state index contributed by atoms with van der Waals surface area (Å²) in [6, 6.07) is 0. The largest absolute Gasteiger partial charge is 0.341 e. The van der Waals surface area contributed by atoms with Crippen LogP contribution in [-0.4, -0.2) is 46.0 Å². The van der Waals surface area contributed by atoms with Crippen LogP contribution in [0.25, 0.3) is 0 Å². The van der Waals surface area contributed by atoms with E-state index in [1.807, 2.05) is 17.8 Å². The van der Waals surface area contributed by atoms with Crippen LogP contribution in [0, 0.1) is 10.1 Å². The molecule has 0 amide bonds. The minimum absolute atomic E-state index is 1.14. The SMILES string of the molecule is C1CNCCN1.Cn1ccnc1.O=[N+]([O-])O. The summed E-state index contributed by atoms with van der Waals surface area (Å²) in [5.74, 6) is 0. The van der Waals surface area contributed by atoms with E-state index in [0.29, 0.717) is 0 Å². The molecule has 2 heterocycles. The molecule has 1 aromatic rings. The third-order valence-electron chi connectivity index (χ3n) is 1.59. The Labute approximate surface area is 93.4 Å². The van der Waals surface area contributed by atoms with Crippen LogP contribution in [-0.2, 0) is 7.05 Å². The van der Waals surface area contributed by atoms with Gasteiger partial charge in [-0.1, -0.05) is 0 Å². The molecule has 8 heteroatoms. The first kappa shape index (κ1) is 14.3. The molecule has 0 aromatic carbocycles. The molecule has 1 fully saturated rings. The Morgan fingerprint density at radius 2 is 1.81 bits per heavy atom. The number of hydrogen-bond donors (Lipinski definition) is 3. The van der Waals surface area contributed by atoms with Crippen molar-refractivity contribution in [1.82, 2.24) is 20.2 Å². The van der Waals surface area contributed by atoms with Crippen LogP contribution in [0.3, 0.4) is 0 Å². The molecule has 16 heavy (non-hydrogen) atoms. The Hall–Kier alpha value is -1.67. The van der Waals surface area contributed by atoms with Crippen molar-refractivity contribution in [3.05, 3.63) is 28.8 Å². The first-order valence-corrected chi connectivity index (χ1v) is 4.79. The molecule has 2 rings (SSSR count). The summed E-state index contributed by atoms with van der Waals surface area (Å²) in [6.07, 6.45) is 5.39. The number of nitrogens with zero attached hydrogens (tertiary/aromatic N) is 3. The first-order valence-electron chi connectivity index (χ1n) is 4.79. The summed E-state index contributed by atoms with van der Waals surface area (Å²) in [4.78, 5) is 12.1. The molecule has 0 bridgehead atoms. The summed E-state index contributed by atoms with van der Waals surface area (Å²) in [5, 5.41) is 20.1. The van der Waals surface area contributed by atoms with E-state index in [2.05, 4.69) is 15.6 Å². The number of piperazine rings is 1. The standard InChI is InChI=1S/C4H6N2.C4H10N2.HNO3/c1-6-3-2-5-4-6;1-2-6-4-3-5-1;2-1(3)4/h2-4H,1H3;5-6H,1-4H2;(H,2,3,4). The second-order valence-corrected chi connectivity index (χ2v) is 2.97. The molecule has 92 valence electrons. The Kier molecular flexibility index (Phi) is 8.84. The van der Waals surface area contributed by atoms with Gasteiger partial charge in [0.25, 0.3) is 5.09 Å². The van der Waals surface area contributed by atoms with Crippen molar-refractivity contribution in [2.75, 3.05) is 26.2 Å². The zero-order chi connectivity index (χ0) is 12.2. The monoisotopic (exact) mass is 231 g/mol. The highest BCUT2D eigenvalue weighted by molar-refractivity contribution is 4.70. The fourth-order valence-corrected chi connectivity index (χ4v) is 0.929. The van der Waals surface area contributed by atoms with Gasteiger partial charge >= 0.3 is 0 Å². The van der Waals surface area contributed by atoms with E-state index in [1.165, 1.54) is 0 Å². The molecule has 0 saturated carbocycles. The highest BCUT2D eigenvalue weighted by atomic mass is 16.9. The lowest BCUT2D eigenvalue weighted by Crippen LogP contribution is -2.39. The van der Waals surface area contributed by atoms with Crippen molar-refractivity contribution in [1.29, 1.82) is 0 Å². The number of aromatic nitrogens is 2. The molecular weight excluding hydrogens is 214 g/mol. The first-order chi connectivity index (χ1) is 7.63. The predicted molar refractivity (Wildman–Crippen MR) is 57.7 cm³/mol. The summed E-state index contributed by atoms with van der Waals surface area (Å²) in [5.41, 5.74) is 0. The third-order valence-corrected chi connectivity index (χ3v) is 1.59. The highest BCUT2D eigenvalue weighted by Gasteiger charge is 1.91. The molecule has 1 aliphatic heterocycles. The normalized spacial score (nSPS) is 13.8. The van der Waals surface area contributed by atoms with Crippen molar-refractivity contribution in [2.24, 2.45) is 7.05 Å². The van der Waals surface area contributed by atoms with Gasteiger partial charge in [0.05, 0.1) is 6.33 Å². The molecule has 1 aromatic heterocycles. The predicted octanol–water partition coefficient (Wildman–Crippen LogP) is -0.748. The van der Waals surface area contributed by atoms with Gasteiger partial charge in [-0.05, 0) is 0 Å². The van der Waals surface area contributed by atoms with E-state index in [-0.39, 0.29) is 0 Å². The number of rotatable bonds is 0.